The third kappa shape index (κ3) is 1.51. The Labute approximate surface area is 90.7 Å². The number of para-hydroxylation sites is 1. The van der Waals surface area contributed by atoms with Gasteiger partial charge < -0.3 is 0 Å². The molecule has 0 fully saturated rings. The zero-order chi connectivity index (χ0) is 10.1. The van der Waals surface area contributed by atoms with Gasteiger partial charge in [-0.2, -0.15) is 0 Å². The summed E-state index contributed by atoms with van der Waals surface area (Å²) in [5.74, 6) is 0. The summed E-state index contributed by atoms with van der Waals surface area (Å²) in [6.45, 7) is 0. The molecule has 0 saturated carbocycles. The number of aromatic nitrogens is 1. The molecule has 0 atom stereocenters. The van der Waals surface area contributed by atoms with E-state index >= 15 is 0 Å². The zero-order valence-corrected chi connectivity index (χ0v) is 8.66. The molecule has 2 nitrogen and oxygen atoms in total. The van der Waals surface area contributed by atoms with Crippen molar-refractivity contribution in [3.63, 3.8) is 0 Å². The third-order valence-corrected chi connectivity index (χ3v) is 2.42. The van der Waals surface area contributed by atoms with Crippen molar-refractivity contribution in [2.45, 2.75) is 4.96 Å². The summed E-state index contributed by atoms with van der Waals surface area (Å²) in [7, 11) is 0. The number of alkyl halides is 2. The minimum Gasteiger partial charge on any atom is -0.278 e. The van der Waals surface area contributed by atoms with E-state index in [9.17, 15) is 4.79 Å². The van der Waals surface area contributed by atoms with Crippen LogP contribution in [0.1, 0.15) is 4.96 Å². The third-order valence-electron chi connectivity index (χ3n) is 2.03. The molecule has 1 aromatic heterocycles. The maximum Gasteiger partial charge on any atom is 0.253 e. The second-order valence-electron chi connectivity index (χ2n) is 2.88. The summed E-state index contributed by atoms with van der Waals surface area (Å²) in [5.41, 5.74) is 0.550. The Balaban J connectivity index is 2.90. The van der Waals surface area contributed by atoms with Crippen LogP contribution in [-0.2, 0) is 0 Å². The van der Waals surface area contributed by atoms with Gasteiger partial charge in [0.25, 0.3) is 5.56 Å². The van der Waals surface area contributed by atoms with Crippen LogP contribution in [0.2, 0.25) is 0 Å². The van der Waals surface area contributed by atoms with Crippen LogP contribution in [0.15, 0.2) is 41.2 Å². The molecule has 0 aliphatic carbocycles. The number of halogens is 2. The van der Waals surface area contributed by atoms with Crippen LogP contribution in [0.3, 0.4) is 0 Å². The monoisotopic (exact) mass is 227 g/mol. The first-order chi connectivity index (χ1) is 6.70. The van der Waals surface area contributed by atoms with Crippen molar-refractivity contribution in [2.75, 3.05) is 0 Å². The molecule has 0 unspecified atom stereocenters. The lowest BCUT2D eigenvalue weighted by Gasteiger charge is -2.09. The molecule has 14 heavy (non-hydrogen) atoms. The SMILES string of the molecule is O=c1ccc2ccccc2n1C(Cl)Cl. The second-order valence-corrected chi connectivity index (χ2v) is 3.93. The summed E-state index contributed by atoms with van der Waals surface area (Å²) in [6.07, 6.45) is 0. The summed E-state index contributed by atoms with van der Waals surface area (Å²) in [4.78, 5) is 10.6. The molecule has 0 bridgehead atoms. The Bertz CT molecular complexity index is 519. The van der Waals surface area contributed by atoms with Crippen LogP contribution in [0, 0.1) is 0 Å². The predicted octanol–water partition coefficient (Wildman–Crippen LogP) is 2.94. The van der Waals surface area contributed by atoms with Gasteiger partial charge in [-0.05, 0) is 17.5 Å². The highest BCUT2D eigenvalue weighted by atomic mass is 35.5. The molecule has 0 amide bonds. The van der Waals surface area contributed by atoms with Crippen LogP contribution in [0.4, 0.5) is 0 Å². The smallest absolute Gasteiger partial charge is 0.253 e. The van der Waals surface area contributed by atoms with Crippen molar-refractivity contribution < 1.29 is 0 Å². The van der Waals surface area contributed by atoms with Crippen LogP contribution < -0.4 is 5.56 Å². The van der Waals surface area contributed by atoms with Crippen LogP contribution in [-0.4, -0.2) is 4.57 Å². The van der Waals surface area contributed by atoms with E-state index in [0.29, 0.717) is 0 Å². The summed E-state index contributed by atoms with van der Waals surface area (Å²) in [5, 5.41) is 0.943. The minimum absolute atomic E-state index is 0.196. The van der Waals surface area contributed by atoms with Crippen molar-refractivity contribution in [3.05, 3.63) is 46.8 Å². The lowest BCUT2D eigenvalue weighted by Crippen LogP contribution is -2.18. The lowest BCUT2D eigenvalue weighted by atomic mass is 10.2. The Morgan fingerprint density at radius 1 is 1.07 bits per heavy atom. The largest absolute Gasteiger partial charge is 0.278 e. The standard InChI is InChI=1S/C10H7Cl2NO/c11-10(12)13-8-4-2-1-3-7(8)5-6-9(13)14/h1-6,10H. The van der Waals surface area contributed by atoms with Gasteiger partial charge in [-0.3, -0.25) is 9.36 Å². The molecule has 0 aliphatic heterocycles. The Hall–Kier alpha value is -0.990. The van der Waals surface area contributed by atoms with Gasteiger partial charge >= 0.3 is 0 Å². The quantitative estimate of drug-likeness (QED) is 0.687. The highest BCUT2D eigenvalue weighted by Gasteiger charge is 2.07. The van der Waals surface area contributed by atoms with Gasteiger partial charge in [0.05, 0.1) is 5.52 Å². The molecule has 0 spiro atoms. The highest BCUT2D eigenvalue weighted by molar-refractivity contribution is 6.42. The molecule has 1 aromatic carbocycles. The number of benzene rings is 1. The molecule has 2 aromatic rings. The molecule has 1 heterocycles. The van der Waals surface area contributed by atoms with Gasteiger partial charge in [0.2, 0.25) is 0 Å². The molecule has 0 N–H and O–H groups in total. The fourth-order valence-corrected chi connectivity index (χ4v) is 1.81. The van der Waals surface area contributed by atoms with E-state index in [-0.39, 0.29) is 5.56 Å². The van der Waals surface area contributed by atoms with Gasteiger partial charge in [-0.25, -0.2) is 0 Å². The molecule has 0 aliphatic rings. The first-order valence-corrected chi connectivity index (χ1v) is 4.96. The van der Waals surface area contributed by atoms with E-state index in [2.05, 4.69) is 0 Å². The Kier molecular flexibility index (Phi) is 2.48. The molecule has 0 saturated heterocycles. The van der Waals surface area contributed by atoms with Crippen molar-refractivity contribution in [1.82, 2.24) is 4.57 Å². The predicted molar refractivity (Wildman–Crippen MR) is 59.0 cm³/mol. The maximum atomic E-state index is 11.5. The van der Waals surface area contributed by atoms with Gasteiger partial charge in [-0.15, -0.1) is 0 Å². The molecule has 4 heteroatoms. The lowest BCUT2D eigenvalue weighted by molar-refractivity contribution is 0.846. The van der Waals surface area contributed by atoms with E-state index < -0.39 is 4.96 Å². The fraction of sp³-hybridized carbons (Fsp3) is 0.100. The average molecular weight is 228 g/mol. The molecular weight excluding hydrogens is 221 g/mol. The fourth-order valence-electron chi connectivity index (χ4n) is 1.41. The van der Waals surface area contributed by atoms with E-state index in [0.717, 1.165) is 10.9 Å². The van der Waals surface area contributed by atoms with Crippen LogP contribution in [0.25, 0.3) is 10.9 Å². The Morgan fingerprint density at radius 3 is 2.50 bits per heavy atom. The van der Waals surface area contributed by atoms with Gasteiger partial charge in [-0.1, -0.05) is 41.4 Å². The molecule has 72 valence electrons. The van der Waals surface area contributed by atoms with E-state index in [1.54, 1.807) is 6.07 Å². The number of rotatable bonds is 1. The normalized spacial score (nSPS) is 11.1. The molecule has 2 rings (SSSR count). The number of hydrogen-bond acceptors (Lipinski definition) is 1. The van der Waals surface area contributed by atoms with Gasteiger partial charge in [0, 0.05) is 6.07 Å². The summed E-state index contributed by atoms with van der Waals surface area (Å²) >= 11 is 11.4. The number of pyridine rings is 1. The average Bonchev–Trinajstić information content (AvgIpc) is 2.17. The second kappa shape index (κ2) is 3.64. The molecule has 0 radical (unpaired) electrons. The number of fused-ring (bicyclic) bond motifs is 1. The van der Waals surface area contributed by atoms with Crippen molar-refractivity contribution in [2.24, 2.45) is 0 Å². The van der Waals surface area contributed by atoms with Crippen LogP contribution >= 0.6 is 23.2 Å². The summed E-state index contributed by atoms with van der Waals surface area (Å²) < 4.78 is 1.35. The van der Waals surface area contributed by atoms with E-state index in [1.807, 2.05) is 24.3 Å². The van der Waals surface area contributed by atoms with E-state index in [4.69, 9.17) is 23.2 Å². The van der Waals surface area contributed by atoms with Crippen LogP contribution in [0.5, 0.6) is 0 Å². The zero-order valence-electron chi connectivity index (χ0n) is 7.15. The van der Waals surface area contributed by atoms with E-state index in [1.165, 1.54) is 10.6 Å². The highest BCUT2D eigenvalue weighted by Crippen LogP contribution is 2.20. The van der Waals surface area contributed by atoms with Crippen molar-refractivity contribution in [3.8, 4) is 0 Å². The first-order valence-electron chi connectivity index (χ1n) is 4.08. The first kappa shape index (κ1) is 9.56. The summed E-state index contributed by atoms with van der Waals surface area (Å²) in [6, 6.07) is 10.7. The minimum atomic E-state index is -0.853. The molecular formula is C10H7Cl2NO. The van der Waals surface area contributed by atoms with Crippen molar-refractivity contribution in [1.29, 1.82) is 0 Å². The van der Waals surface area contributed by atoms with Crippen molar-refractivity contribution >= 4 is 34.1 Å². The Morgan fingerprint density at radius 2 is 1.79 bits per heavy atom. The number of hydrogen-bond donors (Lipinski definition) is 0. The number of nitrogens with zero attached hydrogens (tertiary/aromatic N) is 1. The topological polar surface area (TPSA) is 22.0 Å². The van der Waals surface area contributed by atoms with Gasteiger partial charge in [0.1, 0.15) is 0 Å². The van der Waals surface area contributed by atoms with Gasteiger partial charge in [0.15, 0.2) is 4.96 Å². The maximum absolute atomic E-state index is 11.5.